The minimum atomic E-state index is -0.675. The van der Waals surface area contributed by atoms with E-state index in [1.165, 1.54) is 22.8 Å². The van der Waals surface area contributed by atoms with Crippen LogP contribution in [0, 0.1) is 11.7 Å². The molecule has 0 unspecified atom stereocenters. The van der Waals surface area contributed by atoms with Crippen LogP contribution >= 0.6 is 23.4 Å². The first-order chi connectivity index (χ1) is 24.9. The average Bonchev–Trinajstić information content (AvgIpc) is 3.16. The molecule has 2 heterocycles. The summed E-state index contributed by atoms with van der Waals surface area (Å²) >= 11 is 8.03. The van der Waals surface area contributed by atoms with E-state index in [0.717, 1.165) is 59.9 Å². The molecule has 2 aliphatic heterocycles. The molecule has 1 N–H and O–H groups in total. The number of hydrogen-bond donors (Lipinski definition) is 1. The second-order valence-electron chi connectivity index (χ2n) is 13.3. The predicted molar refractivity (Wildman–Crippen MR) is 203 cm³/mol. The quantitative estimate of drug-likeness (QED) is 0.151. The molecule has 6 rings (SSSR count). The van der Waals surface area contributed by atoms with Gasteiger partial charge in [-0.05, 0) is 103 Å². The van der Waals surface area contributed by atoms with Gasteiger partial charge >= 0.3 is 6.09 Å². The van der Waals surface area contributed by atoms with Crippen LogP contribution in [-0.4, -0.2) is 84.8 Å². The number of amides is 2. The minimum Gasteiger partial charge on any atom is -0.445 e. The standard InChI is InChI=1S/C41H46ClFN4O3S/c1-51-38-15-13-36(43)27-34(38)28-46-22-24-47(25-23-46)40(48)39(44-41(49)50-29-30-8-4-2-5-9-30)32-16-19-45(20-17-32)21-18-33-26-35(42)12-14-37(33)31-10-6-3-7-11-31/h2-15,26-27,32,39H,16-25,28-29H2,1H3,(H,44,49)/t39-/m1/s1. The van der Waals surface area contributed by atoms with Crippen molar-refractivity contribution in [2.24, 2.45) is 5.92 Å². The SMILES string of the molecule is CSc1ccc(F)cc1CN1CCN(C(=O)[C@H](NC(=O)OCc2ccccc2)C2CCN(CCc3cc(Cl)ccc3-c3ccccc3)CC2)CC1. The number of hydrogen-bond acceptors (Lipinski definition) is 6. The summed E-state index contributed by atoms with van der Waals surface area (Å²) in [6.07, 6.45) is 3.85. The van der Waals surface area contributed by atoms with Crippen LogP contribution in [0.4, 0.5) is 9.18 Å². The smallest absolute Gasteiger partial charge is 0.408 e. The highest BCUT2D eigenvalue weighted by Crippen LogP contribution is 2.29. The highest BCUT2D eigenvalue weighted by atomic mass is 35.5. The van der Waals surface area contributed by atoms with Gasteiger partial charge in [-0.3, -0.25) is 9.69 Å². The van der Waals surface area contributed by atoms with Crippen molar-refractivity contribution in [2.75, 3.05) is 52.1 Å². The third-order valence-electron chi connectivity index (χ3n) is 10.0. The molecule has 0 aromatic heterocycles. The fourth-order valence-electron chi connectivity index (χ4n) is 7.16. The van der Waals surface area contributed by atoms with E-state index >= 15 is 0 Å². The number of thioether (sulfide) groups is 1. The normalized spacial score (nSPS) is 16.5. The van der Waals surface area contributed by atoms with Gasteiger partial charge in [-0.1, -0.05) is 78.3 Å². The molecular weight excluding hydrogens is 683 g/mol. The van der Waals surface area contributed by atoms with Crippen LogP contribution in [0.3, 0.4) is 0 Å². The van der Waals surface area contributed by atoms with Gasteiger partial charge < -0.3 is 19.9 Å². The lowest BCUT2D eigenvalue weighted by molar-refractivity contribution is -0.137. The molecule has 0 aliphatic carbocycles. The largest absolute Gasteiger partial charge is 0.445 e. The molecule has 0 spiro atoms. The number of likely N-dealkylation sites (tertiary alicyclic amines) is 1. The Kier molecular flexibility index (Phi) is 13.1. The fourth-order valence-corrected chi connectivity index (χ4v) is 7.95. The van der Waals surface area contributed by atoms with E-state index in [2.05, 4.69) is 51.5 Å². The summed E-state index contributed by atoms with van der Waals surface area (Å²) in [6.45, 7) is 5.74. The van der Waals surface area contributed by atoms with E-state index in [1.807, 2.05) is 59.7 Å². The van der Waals surface area contributed by atoms with Gasteiger partial charge in [0, 0.05) is 49.2 Å². The number of alkyl carbamates (subject to hydrolysis) is 1. The van der Waals surface area contributed by atoms with Crippen LogP contribution in [0.1, 0.15) is 29.5 Å². The number of nitrogens with zero attached hydrogens (tertiary/aromatic N) is 3. The van der Waals surface area contributed by atoms with Crippen molar-refractivity contribution in [3.8, 4) is 11.1 Å². The van der Waals surface area contributed by atoms with Gasteiger partial charge in [0.1, 0.15) is 18.5 Å². The molecule has 7 nitrogen and oxygen atoms in total. The summed E-state index contributed by atoms with van der Waals surface area (Å²) in [5.41, 5.74) is 5.43. The number of piperidine rings is 1. The molecule has 2 aliphatic rings. The second kappa shape index (κ2) is 18.0. The zero-order chi connectivity index (χ0) is 35.6. The molecular formula is C41H46ClFN4O3S. The predicted octanol–water partition coefficient (Wildman–Crippen LogP) is 7.76. The Hall–Kier alpha value is -3.89. The third kappa shape index (κ3) is 10.1. The zero-order valence-electron chi connectivity index (χ0n) is 29.1. The van der Waals surface area contributed by atoms with Gasteiger partial charge in [-0.2, -0.15) is 0 Å². The number of nitrogens with one attached hydrogen (secondary N) is 1. The van der Waals surface area contributed by atoms with Crippen LogP contribution in [0.15, 0.2) is 102 Å². The summed E-state index contributed by atoms with van der Waals surface area (Å²) in [5.74, 6) is -0.317. The second-order valence-corrected chi connectivity index (χ2v) is 14.6. The monoisotopic (exact) mass is 728 g/mol. The number of carbonyl (C=O) groups excluding carboxylic acids is 2. The lowest BCUT2D eigenvalue weighted by Crippen LogP contribution is -2.58. The highest BCUT2D eigenvalue weighted by Gasteiger charge is 2.36. The third-order valence-corrected chi connectivity index (χ3v) is 11.1. The van der Waals surface area contributed by atoms with Crippen molar-refractivity contribution < 1.29 is 18.7 Å². The Morgan fingerprint density at radius 3 is 2.27 bits per heavy atom. The molecule has 4 aromatic rings. The Labute approximate surface area is 310 Å². The molecule has 0 saturated carbocycles. The number of carbonyl (C=O) groups is 2. The average molecular weight is 729 g/mol. The molecule has 1 atom stereocenters. The van der Waals surface area contributed by atoms with Crippen LogP contribution in [-0.2, 0) is 29.1 Å². The summed E-state index contributed by atoms with van der Waals surface area (Å²) in [5, 5.41) is 3.72. The van der Waals surface area contributed by atoms with Crippen LogP contribution in [0.25, 0.3) is 11.1 Å². The molecule has 0 bridgehead atoms. The van der Waals surface area contributed by atoms with E-state index in [4.69, 9.17) is 16.3 Å². The van der Waals surface area contributed by atoms with Gasteiger partial charge in [0.15, 0.2) is 0 Å². The summed E-state index contributed by atoms with van der Waals surface area (Å²) < 4.78 is 19.6. The lowest BCUT2D eigenvalue weighted by Gasteiger charge is -2.40. The molecule has 51 heavy (non-hydrogen) atoms. The van der Waals surface area contributed by atoms with Crippen molar-refractivity contribution in [2.45, 2.75) is 43.4 Å². The van der Waals surface area contributed by atoms with Crippen molar-refractivity contribution in [3.05, 3.63) is 125 Å². The number of piperazine rings is 1. The number of benzene rings is 4. The van der Waals surface area contributed by atoms with Crippen molar-refractivity contribution in [1.82, 2.24) is 20.0 Å². The maximum atomic E-state index is 14.2. The number of ether oxygens (including phenoxy) is 1. The first-order valence-electron chi connectivity index (χ1n) is 17.7. The molecule has 0 radical (unpaired) electrons. The van der Waals surface area contributed by atoms with Gasteiger partial charge in [0.25, 0.3) is 0 Å². The van der Waals surface area contributed by atoms with Crippen molar-refractivity contribution in [1.29, 1.82) is 0 Å². The van der Waals surface area contributed by atoms with E-state index in [0.29, 0.717) is 32.7 Å². The maximum Gasteiger partial charge on any atom is 0.408 e. The van der Waals surface area contributed by atoms with Crippen LogP contribution < -0.4 is 5.32 Å². The summed E-state index contributed by atoms with van der Waals surface area (Å²) in [7, 11) is 0. The molecule has 2 amide bonds. The topological polar surface area (TPSA) is 65.1 Å². The number of rotatable bonds is 12. The van der Waals surface area contributed by atoms with Crippen LogP contribution in [0.5, 0.6) is 0 Å². The Balaban J connectivity index is 1.07. The first-order valence-corrected chi connectivity index (χ1v) is 19.3. The Morgan fingerprint density at radius 2 is 1.57 bits per heavy atom. The highest BCUT2D eigenvalue weighted by molar-refractivity contribution is 7.98. The minimum absolute atomic E-state index is 0.0152. The molecule has 268 valence electrons. The van der Waals surface area contributed by atoms with Gasteiger partial charge in [0.05, 0.1) is 0 Å². The molecule has 10 heteroatoms. The Bertz CT molecular complexity index is 1750. The maximum absolute atomic E-state index is 14.2. The van der Waals surface area contributed by atoms with Crippen LogP contribution in [0.2, 0.25) is 5.02 Å². The molecule has 2 fully saturated rings. The van der Waals surface area contributed by atoms with Gasteiger partial charge in [0.2, 0.25) is 5.91 Å². The van der Waals surface area contributed by atoms with E-state index in [-0.39, 0.29) is 24.2 Å². The first kappa shape index (κ1) is 36.9. The van der Waals surface area contributed by atoms with E-state index in [1.54, 1.807) is 17.8 Å². The van der Waals surface area contributed by atoms with Gasteiger partial charge in [-0.15, -0.1) is 11.8 Å². The van der Waals surface area contributed by atoms with Crippen molar-refractivity contribution >= 4 is 35.4 Å². The van der Waals surface area contributed by atoms with Crippen molar-refractivity contribution in [3.63, 3.8) is 0 Å². The zero-order valence-corrected chi connectivity index (χ0v) is 30.7. The summed E-state index contributed by atoms with van der Waals surface area (Å²) in [4.78, 5) is 34.9. The van der Waals surface area contributed by atoms with Gasteiger partial charge in [-0.25, -0.2) is 9.18 Å². The molecule has 2 saturated heterocycles. The fraction of sp³-hybridized carbons (Fsp3) is 0.366. The number of halogens is 2. The lowest BCUT2D eigenvalue weighted by atomic mass is 9.88. The molecule has 4 aromatic carbocycles. The van der Waals surface area contributed by atoms with E-state index < -0.39 is 12.1 Å². The summed E-state index contributed by atoms with van der Waals surface area (Å²) in [6, 6.07) is 30.3. The Morgan fingerprint density at radius 1 is 0.863 bits per heavy atom. The van der Waals surface area contributed by atoms with E-state index in [9.17, 15) is 14.0 Å².